The Morgan fingerprint density at radius 2 is 0.977 bits per heavy atom. The first-order valence-corrected chi connectivity index (χ1v) is 14.7. The van der Waals surface area contributed by atoms with Crippen molar-refractivity contribution in [2.75, 3.05) is 0 Å². The zero-order valence-corrected chi connectivity index (χ0v) is 23.2. The lowest BCUT2D eigenvalue weighted by atomic mass is 10.00. The topological polar surface area (TPSA) is 19.1 Å². The van der Waals surface area contributed by atoms with Gasteiger partial charge in [0.2, 0.25) is 0 Å². The van der Waals surface area contributed by atoms with Gasteiger partial charge in [0.15, 0.2) is 11.5 Å². The molecule has 0 aliphatic carbocycles. The molecule has 7 aromatic carbocycles. The van der Waals surface area contributed by atoms with E-state index in [9.17, 15) is 0 Å². The average Bonchev–Trinajstić information content (AvgIpc) is 3.59. The SMILES string of the molecule is c1ccc2c(c1)c1ccccc1n2-c1ccc2cc(-c3ccc4c(c3)Oc3cccc5c6ccccc6n-4c35)ccc2c1. The van der Waals surface area contributed by atoms with Gasteiger partial charge in [-0.05, 0) is 76.5 Å². The Bertz CT molecular complexity index is 2550. The Balaban J connectivity index is 1.09. The lowest BCUT2D eigenvalue weighted by Gasteiger charge is -2.21. The first-order chi connectivity index (χ1) is 21.3. The summed E-state index contributed by atoms with van der Waals surface area (Å²) in [7, 11) is 0. The van der Waals surface area contributed by atoms with Crippen LogP contribution < -0.4 is 4.74 Å². The predicted octanol–water partition coefficient (Wildman–Crippen LogP) is 10.8. The minimum absolute atomic E-state index is 0.876. The number of nitrogens with zero attached hydrogens (tertiary/aromatic N) is 2. The van der Waals surface area contributed by atoms with Gasteiger partial charge in [0.1, 0.15) is 0 Å². The number of hydrogen-bond acceptors (Lipinski definition) is 1. The number of hydrogen-bond donors (Lipinski definition) is 0. The molecule has 0 N–H and O–H groups in total. The van der Waals surface area contributed by atoms with Gasteiger partial charge in [-0.1, -0.05) is 91.0 Å². The predicted molar refractivity (Wildman–Crippen MR) is 178 cm³/mol. The second kappa shape index (κ2) is 8.37. The third-order valence-electron chi connectivity index (χ3n) is 9.07. The van der Waals surface area contributed by atoms with E-state index in [-0.39, 0.29) is 0 Å². The molecule has 0 fully saturated rings. The molecule has 9 aromatic rings. The van der Waals surface area contributed by atoms with E-state index in [0.717, 1.165) is 28.3 Å². The van der Waals surface area contributed by atoms with Crippen molar-refractivity contribution in [2.24, 2.45) is 0 Å². The molecule has 0 atom stereocenters. The van der Waals surface area contributed by atoms with E-state index >= 15 is 0 Å². The fourth-order valence-electron chi connectivity index (χ4n) is 7.15. The molecule has 2 aromatic heterocycles. The van der Waals surface area contributed by atoms with E-state index in [2.05, 4.69) is 155 Å². The third kappa shape index (κ3) is 3.14. The van der Waals surface area contributed by atoms with E-state index in [1.165, 1.54) is 60.1 Å². The Morgan fingerprint density at radius 3 is 1.74 bits per heavy atom. The molecule has 1 aliphatic heterocycles. The lowest BCUT2D eigenvalue weighted by Crippen LogP contribution is -2.04. The zero-order valence-electron chi connectivity index (χ0n) is 23.2. The summed E-state index contributed by atoms with van der Waals surface area (Å²) in [5.41, 5.74) is 9.34. The van der Waals surface area contributed by atoms with Crippen LogP contribution in [0.25, 0.3) is 76.9 Å². The van der Waals surface area contributed by atoms with Gasteiger partial charge in [-0.15, -0.1) is 0 Å². The fourth-order valence-corrected chi connectivity index (χ4v) is 7.15. The number of rotatable bonds is 2. The minimum Gasteiger partial charge on any atom is -0.453 e. The van der Waals surface area contributed by atoms with Crippen LogP contribution in [0.3, 0.4) is 0 Å². The Morgan fingerprint density at radius 1 is 0.395 bits per heavy atom. The van der Waals surface area contributed by atoms with Crippen molar-refractivity contribution in [2.45, 2.75) is 0 Å². The fraction of sp³-hybridized carbons (Fsp3) is 0. The van der Waals surface area contributed by atoms with Gasteiger partial charge in [0.05, 0.1) is 27.8 Å². The van der Waals surface area contributed by atoms with E-state index in [1.54, 1.807) is 0 Å². The summed E-state index contributed by atoms with van der Waals surface area (Å²) in [6.45, 7) is 0. The maximum Gasteiger partial charge on any atom is 0.152 e. The number of benzene rings is 7. The quantitative estimate of drug-likeness (QED) is 0.210. The highest BCUT2D eigenvalue weighted by Crippen LogP contribution is 2.46. The molecule has 0 bridgehead atoms. The molecular formula is C40H24N2O. The maximum absolute atomic E-state index is 6.53. The summed E-state index contributed by atoms with van der Waals surface area (Å²) < 4.78 is 11.3. The molecule has 200 valence electrons. The van der Waals surface area contributed by atoms with Crippen molar-refractivity contribution in [3.63, 3.8) is 0 Å². The van der Waals surface area contributed by atoms with E-state index in [0.29, 0.717) is 0 Å². The monoisotopic (exact) mass is 548 g/mol. The zero-order chi connectivity index (χ0) is 28.1. The molecule has 3 nitrogen and oxygen atoms in total. The summed E-state index contributed by atoms with van der Waals surface area (Å²) >= 11 is 0. The molecule has 0 saturated heterocycles. The molecule has 3 heteroatoms. The summed E-state index contributed by atoms with van der Waals surface area (Å²) in [5, 5.41) is 7.45. The van der Waals surface area contributed by atoms with Crippen LogP contribution in [0.5, 0.6) is 11.5 Å². The Hall–Kier alpha value is -5.80. The van der Waals surface area contributed by atoms with Crippen LogP contribution in [0.4, 0.5) is 0 Å². The molecular weight excluding hydrogens is 524 g/mol. The summed E-state index contributed by atoms with van der Waals surface area (Å²) in [6, 6.07) is 52.4. The van der Waals surface area contributed by atoms with Gasteiger partial charge in [0, 0.05) is 27.2 Å². The minimum atomic E-state index is 0.876. The molecule has 0 spiro atoms. The summed E-state index contributed by atoms with van der Waals surface area (Å²) in [5.74, 6) is 1.77. The van der Waals surface area contributed by atoms with Crippen molar-refractivity contribution < 1.29 is 4.74 Å². The van der Waals surface area contributed by atoms with Gasteiger partial charge < -0.3 is 13.9 Å². The standard InChI is InChI=1S/C40H24N2O/c1-4-12-34-30(8-1)31-9-2-5-13-35(31)41(34)29-20-18-26-22-25(16-17-27(26)23-29)28-19-21-37-39(24-28)43-38-15-7-11-33-32-10-3-6-14-36(32)42(37)40(33)38/h1-24H. The lowest BCUT2D eigenvalue weighted by molar-refractivity contribution is 0.476. The maximum atomic E-state index is 6.53. The molecule has 0 amide bonds. The smallest absolute Gasteiger partial charge is 0.152 e. The van der Waals surface area contributed by atoms with Crippen LogP contribution >= 0.6 is 0 Å². The molecule has 43 heavy (non-hydrogen) atoms. The largest absolute Gasteiger partial charge is 0.453 e. The highest BCUT2D eigenvalue weighted by atomic mass is 16.5. The number of fused-ring (bicyclic) bond motifs is 9. The molecule has 0 unspecified atom stereocenters. The number of para-hydroxylation sites is 4. The first-order valence-electron chi connectivity index (χ1n) is 14.7. The van der Waals surface area contributed by atoms with Crippen LogP contribution in [0.15, 0.2) is 146 Å². The van der Waals surface area contributed by atoms with Crippen molar-refractivity contribution in [1.82, 2.24) is 9.13 Å². The van der Waals surface area contributed by atoms with E-state index in [1.807, 2.05) is 0 Å². The molecule has 10 rings (SSSR count). The van der Waals surface area contributed by atoms with Crippen molar-refractivity contribution >= 4 is 54.4 Å². The normalized spacial score (nSPS) is 12.4. The van der Waals surface area contributed by atoms with Crippen molar-refractivity contribution in [3.05, 3.63) is 146 Å². The van der Waals surface area contributed by atoms with Gasteiger partial charge >= 0.3 is 0 Å². The van der Waals surface area contributed by atoms with Crippen LogP contribution in [0.2, 0.25) is 0 Å². The van der Waals surface area contributed by atoms with Gasteiger partial charge in [0.25, 0.3) is 0 Å². The molecule has 3 heterocycles. The second-order valence-electron chi connectivity index (χ2n) is 11.4. The van der Waals surface area contributed by atoms with Crippen LogP contribution in [0, 0.1) is 0 Å². The van der Waals surface area contributed by atoms with E-state index < -0.39 is 0 Å². The van der Waals surface area contributed by atoms with Crippen LogP contribution in [0.1, 0.15) is 0 Å². The highest BCUT2D eigenvalue weighted by Gasteiger charge is 2.23. The molecule has 0 saturated carbocycles. The van der Waals surface area contributed by atoms with Gasteiger partial charge in [-0.3, -0.25) is 0 Å². The van der Waals surface area contributed by atoms with Crippen molar-refractivity contribution in [1.29, 1.82) is 0 Å². The van der Waals surface area contributed by atoms with Gasteiger partial charge in [-0.25, -0.2) is 0 Å². The summed E-state index contributed by atoms with van der Waals surface area (Å²) in [6.07, 6.45) is 0. The highest BCUT2D eigenvalue weighted by molar-refractivity contribution is 6.12. The van der Waals surface area contributed by atoms with E-state index in [4.69, 9.17) is 4.74 Å². The van der Waals surface area contributed by atoms with Crippen LogP contribution in [-0.2, 0) is 0 Å². The second-order valence-corrected chi connectivity index (χ2v) is 11.4. The average molecular weight is 549 g/mol. The summed E-state index contributed by atoms with van der Waals surface area (Å²) in [4.78, 5) is 0. The first kappa shape index (κ1) is 22.8. The third-order valence-corrected chi connectivity index (χ3v) is 9.07. The number of ether oxygens (including phenoxy) is 1. The Kier molecular flexibility index (Phi) is 4.45. The van der Waals surface area contributed by atoms with Crippen molar-refractivity contribution in [3.8, 4) is 34.0 Å². The molecule has 0 radical (unpaired) electrons. The van der Waals surface area contributed by atoms with Gasteiger partial charge in [-0.2, -0.15) is 0 Å². The Labute approximate surface area is 247 Å². The van der Waals surface area contributed by atoms with Crippen LogP contribution in [-0.4, -0.2) is 9.13 Å². The number of aromatic nitrogens is 2. The molecule has 1 aliphatic rings.